The van der Waals surface area contributed by atoms with Crippen LogP contribution in [0.4, 0.5) is 22.7 Å². The van der Waals surface area contributed by atoms with Crippen LogP contribution in [-0.4, -0.2) is 19.7 Å². The van der Waals surface area contributed by atoms with E-state index in [1.807, 2.05) is 0 Å². The van der Waals surface area contributed by atoms with Crippen LogP contribution in [0.2, 0.25) is 5.02 Å². The number of rotatable bonds is 5. The van der Waals surface area contributed by atoms with E-state index in [4.69, 9.17) is 11.6 Å². The van der Waals surface area contributed by atoms with Gasteiger partial charge < -0.3 is 0 Å². The van der Waals surface area contributed by atoms with Gasteiger partial charge in [-0.1, -0.05) is 18.2 Å². The van der Waals surface area contributed by atoms with E-state index in [9.17, 15) is 40.5 Å². The molecule has 0 amide bonds. The number of benzene rings is 2. The summed E-state index contributed by atoms with van der Waals surface area (Å²) in [5.41, 5.74) is -1.61. The van der Waals surface area contributed by atoms with Crippen molar-refractivity contribution in [1.29, 1.82) is 0 Å². The minimum absolute atomic E-state index is 0.0671. The highest BCUT2D eigenvalue weighted by Crippen LogP contribution is 2.32. The lowest BCUT2D eigenvalue weighted by molar-refractivity contribution is -0.394. The van der Waals surface area contributed by atoms with Crippen LogP contribution in [0.25, 0.3) is 6.08 Å². The Hall–Kier alpha value is -3.93. The number of nitro groups is 4. The summed E-state index contributed by atoms with van der Waals surface area (Å²) in [6, 6.07) is 7.09. The first-order chi connectivity index (χ1) is 12.6. The molecule has 0 aromatic heterocycles. The Bertz CT molecular complexity index is 882. The van der Waals surface area contributed by atoms with Gasteiger partial charge in [-0.25, -0.2) is 0 Å². The molecule has 12 nitrogen and oxygen atoms in total. The zero-order chi connectivity index (χ0) is 20.7. The molecule has 2 rings (SSSR count). The van der Waals surface area contributed by atoms with Crippen molar-refractivity contribution in [1.82, 2.24) is 0 Å². The molecular weight excluding hydrogens is 388 g/mol. The van der Waals surface area contributed by atoms with Crippen LogP contribution in [0.3, 0.4) is 0 Å². The minimum atomic E-state index is -0.769. The van der Waals surface area contributed by atoms with Crippen molar-refractivity contribution in [2.75, 3.05) is 0 Å². The molecule has 140 valence electrons. The summed E-state index contributed by atoms with van der Waals surface area (Å²) >= 11 is 5.42. The maximum Gasteiger partial charge on any atom is 0.294 e. The van der Waals surface area contributed by atoms with Crippen LogP contribution in [0.1, 0.15) is 5.56 Å². The Labute approximate surface area is 154 Å². The summed E-state index contributed by atoms with van der Waals surface area (Å²) < 4.78 is 0. The Kier molecular flexibility index (Phi) is 7.01. The molecule has 0 radical (unpaired) electrons. The first-order valence-corrected chi connectivity index (χ1v) is 7.11. The monoisotopic (exact) mass is 396 g/mol. The zero-order valence-corrected chi connectivity index (χ0v) is 13.9. The van der Waals surface area contributed by atoms with Gasteiger partial charge in [0, 0.05) is 24.3 Å². The Morgan fingerprint density at radius 3 is 1.26 bits per heavy atom. The van der Waals surface area contributed by atoms with Gasteiger partial charge >= 0.3 is 0 Å². The van der Waals surface area contributed by atoms with E-state index in [0.717, 1.165) is 18.2 Å². The first kappa shape index (κ1) is 21.1. The lowest BCUT2D eigenvalue weighted by atomic mass is 10.1. The predicted octanol–water partition coefficient (Wildman–Crippen LogP) is 4.30. The fourth-order valence-corrected chi connectivity index (χ4v) is 2.12. The van der Waals surface area contributed by atoms with Crippen molar-refractivity contribution >= 4 is 40.4 Å². The van der Waals surface area contributed by atoms with Crippen molar-refractivity contribution in [3.8, 4) is 0 Å². The summed E-state index contributed by atoms with van der Waals surface area (Å²) in [5.74, 6) is 0. The molecule has 0 aliphatic rings. The molecule has 0 aliphatic heterocycles. The second kappa shape index (κ2) is 8.96. The highest BCUT2D eigenvalue weighted by atomic mass is 35.5. The van der Waals surface area contributed by atoms with Crippen molar-refractivity contribution in [2.24, 2.45) is 0 Å². The van der Waals surface area contributed by atoms with Gasteiger partial charge in [-0.2, -0.15) is 0 Å². The molecule has 0 heterocycles. The number of nitrogens with zero attached hydrogens (tertiary/aromatic N) is 4. The highest BCUT2D eigenvalue weighted by molar-refractivity contribution is 6.34. The van der Waals surface area contributed by atoms with Gasteiger partial charge in [0.25, 0.3) is 22.7 Å². The van der Waals surface area contributed by atoms with Crippen molar-refractivity contribution < 1.29 is 19.7 Å². The third-order valence-corrected chi connectivity index (χ3v) is 3.40. The van der Waals surface area contributed by atoms with E-state index in [1.54, 1.807) is 0 Å². The normalized spacial score (nSPS) is 9.52. The molecule has 13 heteroatoms. The molecule has 0 atom stereocenters. The molecule has 0 fully saturated rings. The topological polar surface area (TPSA) is 173 Å². The van der Waals surface area contributed by atoms with Crippen molar-refractivity contribution in [2.45, 2.75) is 0 Å². The van der Waals surface area contributed by atoms with Gasteiger partial charge in [0.05, 0.1) is 19.7 Å². The molecule has 0 spiro atoms. The van der Waals surface area contributed by atoms with Crippen LogP contribution in [0.5, 0.6) is 0 Å². The summed E-state index contributed by atoms with van der Waals surface area (Å²) in [7, 11) is 0. The standard InChI is InChI=1S/C8H6N2O4.C6H3ClN2O4/c1-2-6-7(9(11)12)4-3-5-8(6)10(13)14;7-6-4(8(10)11)2-1-3-5(6)9(12)13/h2-5H,1H2;1-3H. The van der Waals surface area contributed by atoms with Gasteiger partial charge in [0.2, 0.25) is 0 Å². The summed E-state index contributed by atoms with van der Waals surface area (Å²) in [6.45, 7) is 3.31. The average Bonchev–Trinajstić information content (AvgIpc) is 2.60. The first-order valence-electron chi connectivity index (χ1n) is 6.73. The maximum absolute atomic E-state index is 10.5. The molecule has 2 aromatic carbocycles. The number of halogens is 1. The van der Waals surface area contributed by atoms with E-state index < -0.39 is 36.1 Å². The van der Waals surface area contributed by atoms with Crippen LogP contribution < -0.4 is 0 Å². The molecule has 0 N–H and O–H groups in total. The van der Waals surface area contributed by atoms with Gasteiger partial charge in [0.1, 0.15) is 5.56 Å². The number of nitro benzene ring substituents is 4. The van der Waals surface area contributed by atoms with Gasteiger partial charge in [0.15, 0.2) is 5.02 Å². The molecule has 0 saturated carbocycles. The fourth-order valence-electron chi connectivity index (χ4n) is 1.86. The molecule has 0 bridgehead atoms. The van der Waals surface area contributed by atoms with Gasteiger partial charge in [-0.05, 0) is 18.2 Å². The van der Waals surface area contributed by atoms with Crippen LogP contribution >= 0.6 is 11.6 Å². The Morgan fingerprint density at radius 1 is 0.704 bits per heavy atom. The van der Waals surface area contributed by atoms with E-state index >= 15 is 0 Å². The SMILES string of the molecule is C=Cc1c([N+](=O)[O-])cccc1[N+](=O)[O-].O=[N+]([O-])c1cccc([N+](=O)[O-])c1Cl. The predicted molar refractivity (Wildman–Crippen MR) is 94.6 cm³/mol. The third-order valence-electron chi connectivity index (χ3n) is 3.01. The highest BCUT2D eigenvalue weighted by Gasteiger charge is 2.22. The fraction of sp³-hybridized carbons (Fsp3) is 0. The van der Waals surface area contributed by atoms with E-state index in [0.29, 0.717) is 0 Å². The summed E-state index contributed by atoms with van der Waals surface area (Å²) in [4.78, 5) is 38.7. The number of hydrogen-bond donors (Lipinski definition) is 0. The largest absolute Gasteiger partial charge is 0.294 e. The smallest absolute Gasteiger partial charge is 0.258 e. The van der Waals surface area contributed by atoms with Crippen LogP contribution in [0, 0.1) is 40.5 Å². The molecule has 0 aliphatic carbocycles. The van der Waals surface area contributed by atoms with E-state index in [1.165, 1.54) is 24.3 Å². The lowest BCUT2D eigenvalue weighted by Gasteiger charge is -1.97. The van der Waals surface area contributed by atoms with Crippen LogP contribution in [0.15, 0.2) is 43.0 Å². The van der Waals surface area contributed by atoms with Gasteiger partial charge in [-0.3, -0.25) is 40.5 Å². The third kappa shape index (κ3) is 5.02. The van der Waals surface area contributed by atoms with E-state index in [-0.39, 0.29) is 16.9 Å². The lowest BCUT2D eigenvalue weighted by Crippen LogP contribution is -1.96. The molecule has 27 heavy (non-hydrogen) atoms. The minimum Gasteiger partial charge on any atom is -0.258 e. The Morgan fingerprint density at radius 2 is 1.00 bits per heavy atom. The zero-order valence-electron chi connectivity index (χ0n) is 13.2. The number of hydrogen-bond acceptors (Lipinski definition) is 8. The van der Waals surface area contributed by atoms with Crippen molar-refractivity contribution in [3.63, 3.8) is 0 Å². The summed E-state index contributed by atoms with van der Waals surface area (Å²) in [6.07, 6.45) is 1.11. The van der Waals surface area contributed by atoms with Crippen LogP contribution in [-0.2, 0) is 0 Å². The molecular formula is C14H9ClN4O8. The molecule has 2 aromatic rings. The van der Waals surface area contributed by atoms with Crippen molar-refractivity contribution in [3.05, 3.63) is 94.0 Å². The van der Waals surface area contributed by atoms with E-state index in [2.05, 4.69) is 6.58 Å². The second-order valence-electron chi connectivity index (χ2n) is 4.55. The van der Waals surface area contributed by atoms with Gasteiger partial charge in [-0.15, -0.1) is 0 Å². The molecule has 0 saturated heterocycles. The maximum atomic E-state index is 10.5. The summed E-state index contributed by atoms with van der Waals surface area (Å²) in [5, 5.41) is 41.1. The molecule has 0 unspecified atom stereocenters. The quantitative estimate of drug-likeness (QED) is 0.530. The Balaban J connectivity index is 0.000000271. The average molecular weight is 397 g/mol. The second-order valence-corrected chi connectivity index (χ2v) is 4.93.